The summed E-state index contributed by atoms with van der Waals surface area (Å²) in [4.78, 5) is 10.3. The highest BCUT2D eigenvalue weighted by molar-refractivity contribution is 8.77. The zero-order chi connectivity index (χ0) is 6.04. The molecule has 0 spiro atoms. The van der Waals surface area contributed by atoms with Crippen LogP contribution in [0.1, 0.15) is 6.92 Å². The van der Waals surface area contributed by atoms with E-state index >= 15 is 0 Å². The highest BCUT2D eigenvalue weighted by atomic mass is 33.1. The van der Waals surface area contributed by atoms with Gasteiger partial charge < -0.3 is 4.79 Å². The van der Waals surface area contributed by atoms with Crippen molar-refractivity contribution in [1.82, 2.24) is 0 Å². The van der Waals surface area contributed by atoms with Crippen LogP contribution in [-0.2, 0) is 4.79 Å². The van der Waals surface area contributed by atoms with Crippen molar-refractivity contribution in [2.45, 2.75) is 6.92 Å². The molecule has 1 nitrogen and oxygen atoms in total. The lowest BCUT2D eigenvalue weighted by molar-refractivity contribution is -0.113. The van der Waals surface area contributed by atoms with Crippen LogP contribution in [0.25, 0.3) is 0 Å². The van der Waals surface area contributed by atoms with Crippen LogP contribution in [0.2, 0.25) is 0 Å². The smallest absolute Gasteiger partial charge is 0.127 e. The molecule has 0 amide bonds. The molecule has 46 valence electrons. The summed E-state index contributed by atoms with van der Waals surface area (Å²) < 4.78 is 0. The molecular formula is C5H8OS2. The molecule has 0 saturated carbocycles. The molecular weight excluding hydrogens is 140 g/mol. The van der Waals surface area contributed by atoms with Gasteiger partial charge in [0.1, 0.15) is 6.29 Å². The van der Waals surface area contributed by atoms with Gasteiger partial charge in [0.25, 0.3) is 0 Å². The Kier molecular flexibility index (Phi) is 1.88. The first-order chi connectivity index (χ1) is 3.77. The van der Waals surface area contributed by atoms with E-state index < -0.39 is 0 Å². The fourth-order valence-corrected chi connectivity index (χ4v) is 3.75. The standard InChI is InChI=1S/C5H8OS2/c1-5(2-6)3-7-8-4-5/h2H,3-4H2,1H3. The first-order valence-electron chi connectivity index (χ1n) is 2.48. The molecule has 0 aromatic carbocycles. The van der Waals surface area contributed by atoms with E-state index in [0.29, 0.717) is 0 Å². The number of rotatable bonds is 1. The van der Waals surface area contributed by atoms with Gasteiger partial charge in [0.05, 0.1) is 0 Å². The van der Waals surface area contributed by atoms with E-state index in [9.17, 15) is 4.79 Å². The predicted octanol–water partition coefficient (Wildman–Crippen LogP) is 1.59. The van der Waals surface area contributed by atoms with Crippen LogP contribution in [0.3, 0.4) is 0 Å². The average Bonchev–Trinajstić information content (AvgIpc) is 2.17. The number of hydrogen-bond acceptors (Lipinski definition) is 3. The summed E-state index contributed by atoms with van der Waals surface area (Å²) in [5, 5.41) is 0. The number of hydrogen-bond donors (Lipinski definition) is 0. The first kappa shape index (κ1) is 6.49. The monoisotopic (exact) mass is 148 g/mol. The fraction of sp³-hybridized carbons (Fsp3) is 0.800. The topological polar surface area (TPSA) is 17.1 Å². The molecule has 0 aromatic rings. The van der Waals surface area contributed by atoms with Crippen molar-refractivity contribution in [2.75, 3.05) is 11.5 Å². The number of carbonyl (C=O) groups is 1. The summed E-state index contributed by atoms with van der Waals surface area (Å²) in [6.07, 6.45) is 1.07. The van der Waals surface area contributed by atoms with Crippen LogP contribution in [-0.4, -0.2) is 17.8 Å². The summed E-state index contributed by atoms with van der Waals surface area (Å²) in [5.41, 5.74) is -0.0185. The zero-order valence-electron chi connectivity index (χ0n) is 4.72. The lowest BCUT2D eigenvalue weighted by atomic mass is 9.99. The Labute approximate surface area is 57.0 Å². The molecule has 0 atom stereocenters. The molecule has 1 aliphatic rings. The molecule has 8 heavy (non-hydrogen) atoms. The molecule has 0 aromatic heterocycles. The predicted molar refractivity (Wildman–Crippen MR) is 39.1 cm³/mol. The summed E-state index contributed by atoms with van der Waals surface area (Å²) in [5.74, 6) is 1.97. The fourth-order valence-electron chi connectivity index (χ4n) is 0.462. The van der Waals surface area contributed by atoms with E-state index in [0.717, 1.165) is 17.8 Å². The second-order valence-electron chi connectivity index (χ2n) is 2.30. The van der Waals surface area contributed by atoms with Crippen molar-refractivity contribution in [1.29, 1.82) is 0 Å². The van der Waals surface area contributed by atoms with Gasteiger partial charge in [-0.1, -0.05) is 28.5 Å². The van der Waals surface area contributed by atoms with Gasteiger partial charge >= 0.3 is 0 Å². The molecule has 1 saturated heterocycles. The maximum atomic E-state index is 10.3. The largest absolute Gasteiger partial charge is 0.303 e. The van der Waals surface area contributed by atoms with E-state index in [2.05, 4.69) is 0 Å². The minimum atomic E-state index is -0.0185. The molecule has 1 heterocycles. The summed E-state index contributed by atoms with van der Waals surface area (Å²) in [7, 11) is 3.58. The zero-order valence-corrected chi connectivity index (χ0v) is 6.35. The van der Waals surface area contributed by atoms with Crippen molar-refractivity contribution in [3.63, 3.8) is 0 Å². The second-order valence-corrected chi connectivity index (χ2v) is 4.76. The SMILES string of the molecule is CC1(C=O)CSSC1. The molecule has 1 fully saturated rings. The van der Waals surface area contributed by atoms with Gasteiger partial charge in [0, 0.05) is 16.9 Å². The van der Waals surface area contributed by atoms with Gasteiger partial charge in [-0.25, -0.2) is 0 Å². The van der Waals surface area contributed by atoms with Crippen molar-refractivity contribution < 1.29 is 4.79 Å². The van der Waals surface area contributed by atoms with E-state index in [-0.39, 0.29) is 5.41 Å². The van der Waals surface area contributed by atoms with Crippen molar-refractivity contribution in [2.24, 2.45) is 5.41 Å². The molecule has 1 aliphatic heterocycles. The molecule has 0 radical (unpaired) electrons. The van der Waals surface area contributed by atoms with E-state index in [4.69, 9.17) is 0 Å². The van der Waals surface area contributed by atoms with Gasteiger partial charge in [-0.15, -0.1) is 0 Å². The van der Waals surface area contributed by atoms with Gasteiger partial charge in [0.15, 0.2) is 0 Å². The maximum Gasteiger partial charge on any atom is 0.127 e. The third kappa shape index (κ3) is 1.20. The molecule has 0 bridgehead atoms. The Balaban J connectivity index is 2.52. The quantitative estimate of drug-likeness (QED) is 0.415. The Bertz CT molecular complexity index is 96.6. The molecule has 0 unspecified atom stereocenters. The third-order valence-electron chi connectivity index (χ3n) is 1.15. The highest BCUT2D eigenvalue weighted by Crippen LogP contribution is 2.41. The van der Waals surface area contributed by atoms with Crippen LogP contribution in [0.15, 0.2) is 0 Å². The van der Waals surface area contributed by atoms with Gasteiger partial charge in [-0.2, -0.15) is 0 Å². The van der Waals surface area contributed by atoms with E-state index in [1.54, 1.807) is 21.6 Å². The van der Waals surface area contributed by atoms with Crippen LogP contribution >= 0.6 is 21.6 Å². The highest BCUT2D eigenvalue weighted by Gasteiger charge is 2.29. The molecule has 1 rings (SSSR count). The van der Waals surface area contributed by atoms with Crippen LogP contribution < -0.4 is 0 Å². The number of carbonyl (C=O) groups excluding carboxylic acids is 1. The second kappa shape index (κ2) is 2.31. The minimum Gasteiger partial charge on any atom is -0.303 e. The Morgan fingerprint density at radius 3 is 2.25 bits per heavy atom. The van der Waals surface area contributed by atoms with Crippen LogP contribution in [0.5, 0.6) is 0 Å². The van der Waals surface area contributed by atoms with E-state index in [1.165, 1.54) is 0 Å². The molecule has 3 heteroatoms. The van der Waals surface area contributed by atoms with Gasteiger partial charge in [-0.3, -0.25) is 0 Å². The molecule has 0 aliphatic carbocycles. The minimum absolute atomic E-state index is 0.0185. The number of aldehydes is 1. The maximum absolute atomic E-state index is 10.3. The van der Waals surface area contributed by atoms with Crippen LogP contribution in [0, 0.1) is 5.41 Å². The lowest BCUT2D eigenvalue weighted by Gasteiger charge is -2.09. The first-order valence-corrected chi connectivity index (χ1v) is 4.96. The lowest BCUT2D eigenvalue weighted by Crippen LogP contribution is -2.19. The van der Waals surface area contributed by atoms with Gasteiger partial charge in [-0.05, 0) is 0 Å². The van der Waals surface area contributed by atoms with Crippen LogP contribution in [0.4, 0.5) is 0 Å². The Hall–Kier alpha value is 0.370. The van der Waals surface area contributed by atoms with Crippen molar-refractivity contribution in [3.8, 4) is 0 Å². The third-order valence-corrected chi connectivity index (χ3v) is 4.07. The van der Waals surface area contributed by atoms with Crippen molar-refractivity contribution in [3.05, 3.63) is 0 Å². The Morgan fingerprint density at radius 2 is 2.00 bits per heavy atom. The molecule has 0 N–H and O–H groups in total. The Morgan fingerprint density at radius 1 is 1.50 bits per heavy atom. The summed E-state index contributed by atoms with van der Waals surface area (Å²) >= 11 is 0. The normalized spacial score (nSPS) is 25.6. The summed E-state index contributed by atoms with van der Waals surface area (Å²) in [6, 6.07) is 0. The van der Waals surface area contributed by atoms with Gasteiger partial charge in [0.2, 0.25) is 0 Å². The average molecular weight is 148 g/mol. The van der Waals surface area contributed by atoms with E-state index in [1.807, 2.05) is 6.92 Å². The summed E-state index contributed by atoms with van der Waals surface area (Å²) in [6.45, 7) is 2.01. The van der Waals surface area contributed by atoms with Crippen molar-refractivity contribution >= 4 is 27.9 Å².